The first-order valence-corrected chi connectivity index (χ1v) is 7.53. The third-order valence-corrected chi connectivity index (χ3v) is 3.75. The second-order valence-corrected chi connectivity index (χ2v) is 5.67. The number of alkyl halides is 1. The molecule has 0 fully saturated rings. The van der Waals surface area contributed by atoms with Gasteiger partial charge in [-0.15, -0.1) is 11.6 Å². The molecule has 0 atom stereocenters. The second-order valence-electron chi connectivity index (χ2n) is 3.39. The fraction of sp³-hybridized carbons (Fsp3) is 0.455. The number of ether oxygens (including phenoxy) is 1. The van der Waals surface area contributed by atoms with Crippen molar-refractivity contribution >= 4 is 27.3 Å². The molecule has 96 valence electrons. The van der Waals surface area contributed by atoms with Gasteiger partial charge in [0.15, 0.2) is 0 Å². The zero-order valence-electron chi connectivity index (χ0n) is 9.86. The van der Waals surface area contributed by atoms with Gasteiger partial charge in [0.25, 0.3) is 0 Å². The van der Waals surface area contributed by atoms with Crippen molar-refractivity contribution < 1.29 is 13.2 Å². The van der Waals surface area contributed by atoms with Crippen LogP contribution in [0.4, 0.5) is 5.69 Å². The average Bonchev–Trinajstić information content (AvgIpc) is 2.31. The van der Waals surface area contributed by atoms with Crippen LogP contribution in [0.1, 0.15) is 19.4 Å². The molecule has 0 aromatic heterocycles. The summed E-state index contributed by atoms with van der Waals surface area (Å²) in [5.41, 5.74) is 1.27. The van der Waals surface area contributed by atoms with Gasteiger partial charge in [0, 0.05) is 11.3 Å². The van der Waals surface area contributed by atoms with E-state index in [2.05, 4.69) is 4.72 Å². The Kier molecular flexibility index (Phi) is 5.08. The van der Waals surface area contributed by atoms with Crippen LogP contribution >= 0.6 is 11.6 Å². The van der Waals surface area contributed by atoms with Crippen LogP contribution in [0.2, 0.25) is 0 Å². The lowest BCUT2D eigenvalue weighted by atomic mass is 10.2. The van der Waals surface area contributed by atoms with Crippen molar-refractivity contribution in [2.24, 2.45) is 0 Å². The number of sulfonamides is 1. The fourth-order valence-electron chi connectivity index (χ4n) is 1.30. The van der Waals surface area contributed by atoms with Crippen LogP contribution in [0.15, 0.2) is 18.2 Å². The zero-order valence-corrected chi connectivity index (χ0v) is 11.4. The Morgan fingerprint density at radius 1 is 1.35 bits per heavy atom. The van der Waals surface area contributed by atoms with Crippen molar-refractivity contribution in [1.82, 2.24) is 0 Å². The summed E-state index contributed by atoms with van der Waals surface area (Å²) in [6.45, 7) is 4.01. The second kappa shape index (κ2) is 6.12. The van der Waals surface area contributed by atoms with Crippen molar-refractivity contribution in [2.45, 2.75) is 19.7 Å². The maximum Gasteiger partial charge on any atom is 0.232 e. The van der Waals surface area contributed by atoms with E-state index in [4.69, 9.17) is 16.3 Å². The maximum absolute atomic E-state index is 11.4. The first-order chi connectivity index (χ1) is 8.02. The minimum absolute atomic E-state index is 0.0381. The van der Waals surface area contributed by atoms with Crippen molar-refractivity contribution in [3.63, 3.8) is 0 Å². The maximum atomic E-state index is 11.4. The van der Waals surface area contributed by atoms with Crippen LogP contribution in [-0.2, 0) is 15.9 Å². The smallest absolute Gasteiger partial charge is 0.232 e. The van der Waals surface area contributed by atoms with Crippen molar-refractivity contribution in [1.29, 1.82) is 0 Å². The Morgan fingerprint density at radius 3 is 2.59 bits per heavy atom. The van der Waals surface area contributed by atoms with Crippen LogP contribution in [0.25, 0.3) is 0 Å². The van der Waals surface area contributed by atoms with Crippen molar-refractivity contribution in [3.05, 3.63) is 23.8 Å². The molecular weight excluding hydrogens is 262 g/mol. The monoisotopic (exact) mass is 277 g/mol. The van der Waals surface area contributed by atoms with Crippen molar-refractivity contribution in [2.75, 3.05) is 17.1 Å². The molecule has 1 aromatic carbocycles. The van der Waals surface area contributed by atoms with E-state index < -0.39 is 10.0 Å². The molecule has 0 aliphatic heterocycles. The number of anilines is 1. The standard InChI is InChI=1S/C11H16ClNO3S/c1-3-16-11-6-5-10(7-9(11)8-12)13-17(14,15)4-2/h5-7,13H,3-4,8H2,1-2H3. The number of halogens is 1. The van der Waals surface area contributed by atoms with Crippen LogP contribution < -0.4 is 9.46 Å². The van der Waals surface area contributed by atoms with Gasteiger partial charge in [0.2, 0.25) is 10.0 Å². The molecule has 0 amide bonds. The summed E-state index contributed by atoms with van der Waals surface area (Å²) >= 11 is 5.79. The Hall–Kier alpha value is -0.940. The summed E-state index contributed by atoms with van der Waals surface area (Å²) in [6.07, 6.45) is 0. The lowest BCUT2D eigenvalue weighted by Gasteiger charge is -2.11. The largest absolute Gasteiger partial charge is 0.494 e. The molecule has 0 spiro atoms. The lowest BCUT2D eigenvalue weighted by molar-refractivity contribution is 0.337. The Bertz CT molecular complexity index is 474. The Balaban J connectivity index is 2.97. The SMILES string of the molecule is CCOc1ccc(NS(=O)(=O)CC)cc1CCl. The number of hydrogen-bond donors (Lipinski definition) is 1. The molecule has 0 bridgehead atoms. The van der Waals surface area contributed by atoms with E-state index in [1.165, 1.54) is 0 Å². The van der Waals surface area contributed by atoms with E-state index >= 15 is 0 Å². The Morgan fingerprint density at radius 2 is 2.06 bits per heavy atom. The molecule has 6 heteroatoms. The van der Waals surface area contributed by atoms with Gasteiger partial charge in [0.05, 0.1) is 18.2 Å². The van der Waals surface area contributed by atoms with E-state index in [1.54, 1.807) is 25.1 Å². The highest BCUT2D eigenvalue weighted by Gasteiger charge is 2.09. The van der Waals surface area contributed by atoms with Crippen LogP contribution in [0, 0.1) is 0 Å². The van der Waals surface area contributed by atoms with Gasteiger partial charge in [-0.1, -0.05) is 0 Å². The molecule has 1 aromatic rings. The number of hydrogen-bond acceptors (Lipinski definition) is 3. The first kappa shape index (κ1) is 14.1. The molecule has 0 radical (unpaired) electrons. The molecule has 0 aliphatic rings. The summed E-state index contributed by atoms with van der Waals surface area (Å²) in [7, 11) is -3.26. The minimum atomic E-state index is -3.26. The average molecular weight is 278 g/mol. The molecule has 4 nitrogen and oxygen atoms in total. The third-order valence-electron chi connectivity index (χ3n) is 2.16. The van der Waals surface area contributed by atoms with E-state index in [1.807, 2.05) is 6.92 Å². The summed E-state index contributed by atoms with van der Waals surface area (Å²) in [5, 5.41) is 0. The van der Waals surface area contributed by atoms with E-state index in [0.717, 1.165) is 5.56 Å². The molecule has 1 N–H and O–H groups in total. The highest BCUT2D eigenvalue weighted by Crippen LogP contribution is 2.25. The minimum Gasteiger partial charge on any atom is -0.494 e. The topological polar surface area (TPSA) is 55.4 Å². The molecular formula is C11H16ClNO3S. The first-order valence-electron chi connectivity index (χ1n) is 5.34. The molecule has 0 aliphatic carbocycles. The van der Waals surface area contributed by atoms with Gasteiger partial charge in [0.1, 0.15) is 5.75 Å². The van der Waals surface area contributed by atoms with Gasteiger partial charge in [-0.05, 0) is 32.0 Å². The predicted octanol–water partition coefficient (Wildman–Crippen LogP) is 2.59. The molecule has 17 heavy (non-hydrogen) atoms. The van der Waals surface area contributed by atoms with Crippen LogP contribution in [-0.4, -0.2) is 20.8 Å². The van der Waals surface area contributed by atoms with Crippen LogP contribution in [0.3, 0.4) is 0 Å². The third kappa shape index (κ3) is 4.09. The number of nitrogens with one attached hydrogen (secondary N) is 1. The fourth-order valence-corrected chi connectivity index (χ4v) is 2.13. The highest BCUT2D eigenvalue weighted by atomic mass is 35.5. The highest BCUT2D eigenvalue weighted by molar-refractivity contribution is 7.92. The normalized spacial score (nSPS) is 11.2. The molecule has 0 saturated carbocycles. The lowest BCUT2D eigenvalue weighted by Crippen LogP contribution is -2.14. The van der Waals surface area contributed by atoms with Gasteiger partial charge >= 0.3 is 0 Å². The summed E-state index contributed by atoms with van der Waals surface area (Å²) < 4.78 is 30.7. The quantitative estimate of drug-likeness (QED) is 0.813. The van der Waals surface area contributed by atoms with Crippen LogP contribution in [0.5, 0.6) is 5.75 Å². The molecule has 1 rings (SSSR count). The van der Waals surface area contributed by atoms with Gasteiger partial charge in [-0.2, -0.15) is 0 Å². The predicted molar refractivity (Wildman–Crippen MR) is 70.3 cm³/mol. The van der Waals surface area contributed by atoms with Crippen molar-refractivity contribution in [3.8, 4) is 5.75 Å². The molecule has 0 heterocycles. The molecule has 0 unspecified atom stereocenters. The summed E-state index contributed by atoms with van der Waals surface area (Å²) in [4.78, 5) is 0. The van der Waals surface area contributed by atoms with E-state index in [0.29, 0.717) is 18.0 Å². The number of benzene rings is 1. The van der Waals surface area contributed by atoms with Gasteiger partial charge < -0.3 is 4.74 Å². The van der Waals surface area contributed by atoms with E-state index in [-0.39, 0.29) is 11.6 Å². The summed E-state index contributed by atoms with van der Waals surface area (Å²) in [5.74, 6) is 0.995. The molecule has 0 saturated heterocycles. The van der Waals surface area contributed by atoms with Gasteiger partial charge in [-0.3, -0.25) is 4.72 Å². The number of rotatable bonds is 6. The van der Waals surface area contributed by atoms with Gasteiger partial charge in [-0.25, -0.2) is 8.42 Å². The zero-order chi connectivity index (χ0) is 12.9. The Labute approximate surface area is 107 Å². The summed E-state index contributed by atoms with van der Waals surface area (Å²) in [6, 6.07) is 5.06. The van der Waals surface area contributed by atoms with E-state index in [9.17, 15) is 8.42 Å².